The lowest BCUT2D eigenvalue weighted by molar-refractivity contribution is -0.131. The highest BCUT2D eigenvalue weighted by Crippen LogP contribution is 2.46. The molecule has 3 aliphatic rings. The molecule has 2 bridgehead atoms. The van der Waals surface area contributed by atoms with E-state index in [9.17, 15) is 9.18 Å². The summed E-state index contributed by atoms with van der Waals surface area (Å²) < 4.78 is 19.2. The second kappa shape index (κ2) is 8.06. The number of carbonyl (C=O) groups excluding carboxylic acids is 1. The van der Waals surface area contributed by atoms with Crippen LogP contribution >= 0.6 is 0 Å². The summed E-state index contributed by atoms with van der Waals surface area (Å²) in [6.45, 7) is 1.58. The summed E-state index contributed by atoms with van der Waals surface area (Å²) >= 11 is 0. The van der Waals surface area contributed by atoms with E-state index in [1.165, 1.54) is 13.2 Å². The van der Waals surface area contributed by atoms with E-state index >= 15 is 0 Å². The molecule has 8 heteroatoms. The molecule has 1 saturated carbocycles. The van der Waals surface area contributed by atoms with Crippen LogP contribution in [0.2, 0.25) is 0 Å². The number of nitriles is 1. The van der Waals surface area contributed by atoms with E-state index < -0.39 is 0 Å². The molecule has 1 amide bonds. The molecule has 2 aromatic rings. The molecule has 0 spiro atoms. The smallest absolute Gasteiger partial charge is 0.236 e. The number of carbonyl (C=O) groups is 1. The number of pyridine rings is 1. The number of aromatic nitrogens is 1. The first-order chi connectivity index (χ1) is 15.5. The molecular weight excluding hydrogens is 409 g/mol. The Bertz CT molecular complexity index is 1050. The average Bonchev–Trinajstić information content (AvgIpc) is 3.57. The zero-order valence-electron chi connectivity index (χ0n) is 18.1. The molecule has 1 N–H and O–H groups in total. The number of hydrogen-bond donors (Lipinski definition) is 1. The Balaban J connectivity index is 1.21. The topological polar surface area (TPSA) is 81.5 Å². The molecule has 2 unspecified atom stereocenters. The third-order valence-electron chi connectivity index (χ3n) is 7.01. The van der Waals surface area contributed by atoms with Crippen molar-refractivity contribution in [2.75, 3.05) is 31.6 Å². The van der Waals surface area contributed by atoms with Crippen molar-refractivity contribution < 1.29 is 13.9 Å². The van der Waals surface area contributed by atoms with Crippen molar-refractivity contribution in [3.05, 3.63) is 53.5 Å². The SMILES string of the molecule is COc1ccc(C2(NCC(=O)N3CC4CCC(C3)N4c3ccc(C#N)cn3)CC2)cc1F. The highest BCUT2D eigenvalue weighted by Gasteiger charge is 2.46. The van der Waals surface area contributed by atoms with Gasteiger partial charge in [0, 0.05) is 36.9 Å². The van der Waals surface area contributed by atoms with Crippen molar-refractivity contribution in [1.29, 1.82) is 5.26 Å². The number of anilines is 1. The van der Waals surface area contributed by atoms with E-state index in [1.54, 1.807) is 18.3 Å². The Morgan fingerprint density at radius 2 is 2.03 bits per heavy atom. The van der Waals surface area contributed by atoms with Gasteiger partial charge in [-0.25, -0.2) is 9.37 Å². The molecule has 1 aromatic carbocycles. The van der Waals surface area contributed by atoms with Gasteiger partial charge < -0.3 is 14.5 Å². The summed E-state index contributed by atoms with van der Waals surface area (Å²) in [5.74, 6) is 0.800. The number of methoxy groups -OCH3 is 1. The number of benzene rings is 1. The van der Waals surface area contributed by atoms with Crippen molar-refractivity contribution in [2.24, 2.45) is 0 Å². The van der Waals surface area contributed by atoms with E-state index in [1.807, 2.05) is 17.0 Å². The van der Waals surface area contributed by atoms with Gasteiger partial charge >= 0.3 is 0 Å². The van der Waals surface area contributed by atoms with Crippen molar-refractivity contribution in [3.63, 3.8) is 0 Å². The fourth-order valence-corrected chi connectivity index (χ4v) is 5.10. The van der Waals surface area contributed by atoms with Crippen LogP contribution in [0.5, 0.6) is 5.75 Å². The number of nitrogens with one attached hydrogen (secondary N) is 1. The normalized spacial score (nSPS) is 23.0. The van der Waals surface area contributed by atoms with Gasteiger partial charge in [-0.1, -0.05) is 6.07 Å². The first kappa shape index (κ1) is 20.7. The minimum atomic E-state index is -0.381. The highest BCUT2D eigenvalue weighted by atomic mass is 19.1. The van der Waals surface area contributed by atoms with Crippen LogP contribution in [0.4, 0.5) is 10.2 Å². The lowest BCUT2D eigenvalue weighted by Crippen LogP contribution is -2.57. The predicted molar refractivity (Wildman–Crippen MR) is 117 cm³/mol. The second-order valence-corrected chi connectivity index (χ2v) is 8.89. The molecule has 1 aromatic heterocycles. The van der Waals surface area contributed by atoms with Crippen LogP contribution in [-0.4, -0.2) is 54.6 Å². The molecule has 166 valence electrons. The van der Waals surface area contributed by atoms with Crippen LogP contribution in [-0.2, 0) is 10.3 Å². The number of nitrogens with zero attached hydrogens (tertiary/aromatic N) is 4. The summed E-state index contributed by atoms with van der Waals surface area (Å²) in [7, 11) is 1.45. The molecule has 5 rings (SSSR count). The summed E-state index contributed by atoms with van der Waals surface area (Å²) in [6.07, 6.45) is 5.43. The zero-order chi connectivity index (χ0) is 22.3. The van der Waals surface area contributed by atoms with Crippen LogP contribution in [0, 0.1) is 17.1 Å². The Hall–Kier alpha value is -3.18. The molecule has 32 heavy (non-hydrogen) atoms. The van der Waals surface area contributed by atoms with E-state index in [-0.39, 0.29) is 41.6 Å². The average molecular weight is 436 g/mol. The lowest BCUT2D eigenvalue weighted by atomic mass is 10.0. The van der Waals surface area contributed by atoms with Gasteiger partial charge in [-0.2, -0.15) is 5.26 Å². The quantitative estimate of drug-likeness (QED) is 0.751. The van der Waals surface area contributed by atoms with Gasteiger partial charge in [-0.15, -0.1) is 0 Å². The van der Waals surface area contributed by atoms with Gasteiger partial charge in [0.05, 0.1) is 19.2 Å². The Labute approximate surface area is 186 Å². The standard InChI is InChI=1S/C24H26FN5O2/c1-32-21-6-3-17(10-20(21)25)24(8-9-24)28-13-23(31)29-14-18-4-5-19(15-29)30(18)22-7-2-16(11-26)12-27-22/h2-3,6-7,10,12,18-19,28H,4-5,8-9,13-15H2,1H3. The van der Waals surface area contributed by atoms with Gasteiger partial charge in [0.25, 0.3) is 0 Å². The lowest BCUT2D eigenvalue weighted by Gasteiger charge is -2.42. The van der Waals surface area contributed by atoms with Gasteiger partial charge in [0.2, 0.25) is 5.91 Å². The zero-order valence-corrected chi connectivity index (χ0v) is 18.1. The number of piperazine rings is 1. The molecule has 2 atom stereocenters. The molecule has 3 fully saturated rings. The minimum Gasteiger partial charge on any atom is -0.494 e. The Kier molecular flexibility index (Phi) is 5.22. The van der Waals surface area contributed by atoms with Crippen molar-refractivity contribution in [1.82, 2.24) is 15.2 Å². The number of hydrogen-bond acceptors (Lipinski definition) is 6. The molecule has 0 radical (unpaired) electrons. The number of fused-ring (bicyclic) bond motifs is 2. The highest BCUT2D eigenvalue weighted by molar-refractivity contribution is 5.79. The van der Waals surface area contributed by atoms with Crippen LogP contribution in [0.25, 0.3) is 0 Å². The van der Waals surface area contributed by atoms with Crippen LogP contribution in [0.3, 0.4) is 0 Å². The maximum absolute atomic E-state index is 14.2. The van der Waals surface area contributed by atoms with Crippen molar-refractivity contribution in [3.8, 4) is 11.8 Å². The van der Waals surface area contributed by atoms with E-state index in [0.717, 1.165) is 37.1 Å². The maximum Gasteiger partial charge on any atom is 0.236 e. The minimum absolute atomic E-state index is 0.0783. The fraction of sp³-hybridized carbons (Fsp3) is 0.458. The number of rotatable bonds is 6. The summed E-state index contributed by atoms with van der Waals surface area (Å²) in [5, 5.41) is 12.4. The maximum atomic E-state index is 14.2. The first-order valence-electron chi connectivity index (χ1n) is 11.0. The van der Waals surface area contributed by atoms with Gasteiger partial charge in [-0.05, 0) is 55.5 Å². The van der Waals surface area contributed by atoms with E-state index in [2.05, 4.69) is 21.3 Å². The summed E-state index contributed by atoms with van der Waals surface area (Å²) in [4.78, 5) is 21.7. The predicted octanol–water partition coefficient (Wildman–Crippen LogP) is 2.56. The van der Waals surface area contributed by atoms with Crippen molar-refractivity contribution >= 4 is 11.7 Å². The third kappa shape index (κ3) is 3.67. The van der Waals surface area contributed by atoms with E-state index in [4.69, 9.17) is 10.00 Å². The number of likely N-dealkylation sites (tertiary alicyclic amines) is 1. The Morgan fingerprint density at radius 3 is 2.59 bits per heavy atom. The van der Waals surface area contributed by atoms with Gasteiger partial charge in [0.1, 0.15) is 11.9 Å². The second-order valence-electron chi connectivity index (χ2n) is 8.89. The molecule has 2 saturated heterocycles. The van der Waals surface area contributed by atoms with Crippen LogP contribution < -0.4 is 15.0 Å². The summed E-state index contributed by atoms with van der Waals surface area (Å²) in [6, 6.07) is 11.3. The van der Waals surface area contributed by atoms with Gasteiger partial charge in [0.15, 0.2) is 11.6 Å². The Morgan fingerprint density at radius 1 is 1.28 bits per heavy atom. The van der Waals surface area contributed by atoms with E-state index in [0.29, 0.717) is 18.7 Å². The fourth-order valence-electron chi connectivity index (χ4n) is 5.10. The molecule has 3 heterocycles. The molecule has 2 aliphatic heterocycles. The van der Waals surface area contributed by atoms with Gasteiger partial charge in [-0.3, -0.25) is 10.1 Å². The first-order valence-corrected chi connectivity index (χ1v) is 11.0. The summed E-state index contributed by atoms with van der Waals surface area (Å²) in [5.41, 5.74) is 1.09. The number of amides is 1. The molecule has 7 nitrogen and oxygen atoms in total. The molecular formula is C24H26FN5O2. The largest absolute Gasteiger partial charge is 0.494 e. The molecule has 1 aliphatic carbocycles. The monoisotopic (exact) mass is 435 g/mol. The number of halogens is 1. The van der Waals surface area contributed by atoms with Crippen LogP contribution in [0.15, 0.2) is 36.5 Å². The van der Waals surface area contributed by atoms with Crippen molar-refractivity contribution in [2.45, 2.75) is 43.3 Å². The third-order valence-corrected chi connectivity index (χ3v) is 7.01. The number of ether oxygens (including phenoxy) is 1. The van der Waals surface area contributed by atoms with Crippen LogP contribution in [0.1, 0.15) is 36.8 Å².